The SMILES string of the molecule is CCC(C)/C(C1=NC(C)(CC(C)C)C(=O)N1)=C(\CC(C)C)C(=O)OCC1CCCO1. The van der Waals surface area contributed by atoms with E-state index in [0.717, 1.165) is 31.4 Å². The molecule has 0 aliphatic carbocycles. The van der Waals surface area contributed by atoms with Crippen molar-refractivity contribution >= 4 is 17.7 Å². The van der Waals surface area contributed by atoms with Gasteiger partial charge in [0.25, 0.3) is 5.91 Å². The van der Waals surface area contributed by atoms with Crippen molar-refractivity contribution in [3.63, 3.8) is 0 Å². The summed E-state index contributed by atoms with van der Waals surface area (Å²) in [5.74, 6) is 0.824. The Morgan fingerprint density at radius 3 is 2.50 bits per heavy atom. The van der Waals surface area contributed by atoms with Gasteiger partial charge in [0, 0.05) is 17.8 Å². The quantitative estimate of drug-likeness (QED) is 0.419. The van der Waals surface area contributed by atoms with Gasteiger partial charge < -0.3 is 14.8 Å². The van der Waals surface area contributed by atoms with Crippen molar-refractivity contribution in [3.8, 4) is 0 Å². The molecule has 170 valence electrons. The zero-order valence-corrected chi connectivity index (χ0v) is 19.8. The molecule has 3 unspecified atom stereocenters. The number of esters is 1. The van der Waals surface area contributed by atoms with E-state index in [2.05, 4.69) is 46.9 Å². The maximum absolute atomic E-state index is 13.2. The van der Waals surface area contributed by atoms with Gasteiger partial charge in [0.05, 0.1) is 6.10 Å². The first-order valence-electron chi connectivity index (χ1n) is 11.5. The van der Waals surface area contributed by atoms with Crippen LogP contribution in [0, 0.1) is 17.8 Å². The highest BCUT2D eigenvalue weighted by atomic mass is 16.6. The van der Waals surface area contributed by atoms with Crippen LogP contribution in [-0.2, 0) is 19.1 Å². The van der Waals surface area contributed by atoms with Gasteiger partial charge in [0.2, 0.25) is 0 Å². The largest absolute Gasteiger partial charge is 0.460 e. The second-order valence-corrected chi connectivity index (χ2v) is 9.82. The molecule has 1 saturated heterocycles. The number of carbonyl (C=O) groups is 2. The van der Waals surface area contributed by atoms with Crippen LogP contribution < -0.4 is 5.32 Å². The van der Waals surface area contributed by atoms with Crippen LogP contribution in [0.5, 0.6) is 0 Å². The molecule has 1 N–H and O–H groups in total. The van der Waals surface area contributed by atoms with Crippen LogP contribution in [0.2, 0.25) is 0 Å². The summed E-state index contributed by atoms with van der Waals surface area (Å²) in [7, 11) is 0. The third kappa shape index (κ3) is 6.16. The van der Waals surface area contributed by atoms with E-state index >= 15 is 0 Å². The fourth-order valence-corrected chi connectivity index (χ4v) is 4.25. The average molecular weight is 421 g/mol. The van der Waals surface area contributed by atoms with Crippen molar-refractivity contribution in [2.45, 2.75) is 92.2 Å². The summed E-state index contributed by atoms with van der Waals surface area (Å²) in [4.78, 5) is 30.8. The number of aliphatic imine (C=N–C) groups is 1. The Hall–Kier alpha value is -1.69. The highest BCUT2D eigenvalue weighted by Gasteiger charge is 2.41. The maximum atomic E-state index is 13.2. The second kappa shape index (κ2) is 10.6. The molecule has 30 heavy (non-hydrogen) atoms. The van der Waals surface area contributed by atoms with Gasteiger partial charge in [-0.1, -0.05) is 41.5 Å². The summed E-state index contributed by atoms with van der Waals surface area (Å²) in [6.07, 6.45) is 4.00. The minimum Gasteiger partial charge on any atom is -0.460 e. The minimum atomic E-state index is -0.799. The Bertz CT molecular complexity index is 689. The lowest BCUT2D eigenvalue weighted by Crippen LogP contribution is -2.39. The first-order valence-corrected chi connectivity index (χ1v) is 11.5. The first kappa shape index (κ1) is 24.6. The van der Waals surface area contributed by atoms with E-state index in [9.17, 15) is 9.59 Å². The number of nitrogens with one attached hydrogen (secondary N) is 1. The lowest BCUT2D eigenvalue weighted by atomic mass is 9.88. The third-order valence-electron chi connectivity index (χ3n) is 5.85. The molecular formula is C24H40N2O4. The van der Waals surface area contributed by atoms with Crippen LogP contribution in [0.3, 0.4) is 0 Å². The molecule has 1 amide bonds. The Balaban J connectivity index is 2.41. The summed E-state index contributed by atoms with van der Waals surface area (Å²) in [6.45, 7) is 15.4. The normalized spacial score (nSPS) is 26.0. The zero-order chi connectivity index (χ0) is 22.5. The van der Waals surface area contributed by atoms with Gasteiger partial charge in [-0.05, 0) is 56.8 Å². The van der Waals surface area contributed by atoms with E-state index in [1.54, 1.807) is 0 Å². The highest BCUT2D eigenvalue weighted by Crippen LogP contribution is 2.32. The van der Waals surface area contributed by atoms with Gasteiger partial charge in [-0.3, -0.25) is 9.79 Å². The van der Waals surface area contributed by atoms with Crippen LogP contribution in [0.25, 0.3) is 0 Å². The number of carbonyl (C=O) groups excluding carboxylic acids is 2. The monoisotopic (exact) mass is 420 g/mol. The molecule has 2 rings (SSSR count). The standard InChI is InChI=1S/C24H40N2O4/c1-8-17(6)20(21-25-23(28)24(7,26-21)13-16(4)5)19(12-15(2)3)22(27)30-14-18-10-9-11-29-18/h15-18H,8-14H2,1-7H3,(H,25,26,28)/b20-19-. The predicted molar refractivity (Wildman–Crippen MR) is 119 cm³/mol. The number of hydrogen-bond acceptors (Lipinski definition) is 5. The number of rotatable bonds is 10. The molecule has 0 bridgehead atoms. The number of amides is 1. The Labute approximate surface area is 181 Å². The topological polar surface area (TPSA) is 77.0 Å². The molecule has 0 aromatic rings. The average Bonchev–Trinajstić information content (AvgIpc) is 3.26. The molecule has 0 aromatic carbocycles. The van der Waals surface area contributed by atoms with Crippen molar-refractivity contribution in [3.05, 3.63) is 11.1 Å². The molecule has 2 aliphatic rings. The van der Waals surface area contributed by atoms with Crippen molar-refractivity contribution in [2.24, 2.45) is 22.7 Å². The summed E-state index contributed by atoms with van der Waals surface area (Å²) >= 11 is 0. The molecule has 0 radical (unpaired) electrons. The van der Waals surface area contributed by atoms with Crippen LogP contribution in [0.4, 0.5) is 0 Å². The van der Waals surface area contributed by atoms with Crippen molar-refractivity contribution < 1.29 is 19.1 Å². The molecule has 2 aliphatic heterocycles. The van der Waals surface area contributed by atoms with Crippen LogP contribution in [0.15, 0.2) is 16.1 Å². The molecule has 6 heteroatoms. The van der Waals surface area contributed by atoms with E-state index in [1.165, 1.54) is 0 Å². The van der Waals surface area contributed by atoms with Gasteiger partial charge in [-0.25, -0.2) is 4.79 Å². The highest BCUT2D eigenvalue weighted by molar-refractivity contribution is 6.17. The second-order valence-electron chi connectivity index (χ2n) is 9.82. The number of amidine groups is 1. The van der Waals surface area contributed by atoms with Crippen molar-refractivity contribution in [1.29, 1.82) is 0 Å². The molecule has 1 fully saturated rings. The minimum absolute atomic E-state index is 0.0147. The van der Waals surface area contributed by atoms with Crippen molar-refractivity contribution in [2.75, 3.05) is 13.2 Å². The van der Waals surface area contributed by atoms with Gasteiger partial charge in [0.1, 0.15) is 18.0 Å². The van der Waals surface area contributed by atoms with E-state index in [1.807, 2.05) is 6.92 Å². The Morgan fingerprint density at radius 1 is 1.27 bits per heavy atom. The van der Waals surface area contributed by atoms with E-state index in [-0.39, 0.29) is 36.4 Å². The Morgan fingerprint density at radius 2 is 1.97 bits per heavy atom. The fourth-order valence-electron chi connectivity index (χ4n) is 4.25. The summed E-state index contributed by atoms with van der Waals surface area (Å²) in [5.41, 5.74) is 0.654. The molecule has 0 aromatic heterocycles. The molecule has 0 spiro atoms. The smallest absolute Gasteiger partial charge is 0.334 e. The number of ether oxygens (including phenoxy) is 2. The summed E-state index contributed by atoms with van der Waals surface area (Å²) in [5, 5.41) is 2.99. The van der Waals surface area contributed by atoms with Crippen LogP contribution >= 0.6 is 0 Å². The fraction of sp³-hybridized carbons (Fsp3) is 0.792. The van der Waals surface area contributed by atoms with E-state index in [4.69, 9.17) is 14.5 Å². The summed E-state index contributed by atoms with van der Waals surface area (Å²) in [6, 6.07) is 0. The van der Waals surface area contributed by atoms with Crippen LogP contribution in [-0.4, -0.2) is 42.6 Å². The molecule has 3 atom stereocenters. The van der Waals surface area contributed by atoms with Gasteiger partial charge in [-0.2, -0.15) is 0 Å². The molecular weight excluding hydrogens is 380 g/mol. The zero-order valence-electron chi connectivity index (χ0n) is 19.8. The third-order valence-corrected chi connectivity index (χ3v) is 5.85. The Kier molecular flexibility index (Phi) is 8.65. The number of nitrogens with zero attached hydrogens (tertiary/aromatic N) is 1. The predicted octanol–water partition coefficient (Wildman–Crippen LogP) is 4.43. The summed E-state index contributed by atoms with van der Waals surface area (Å²) < 4.78 is 11.3. The lowest BCUT2D eigenvalue weighted by Gasteiger charge is -2.21. The van der Waals surface area contributed by atoms with E-state index in [0.29, 0.717) is 30.2 Å². The molecule has 0 saturated carbocycles. The van der Waals surface area contributed by atoms with Crippen LogP contribution in [0.1, 0.15) is 80.6 Å². The lowest BCUT2D eigenvalue weighted by molar-refractivity contribution is -0.142. The van der Waals surface area contributed by atoms with Gasteiger partial charge in [-0.15, -0.1) is 0 Å². The van der Waals surface area contributed by atoms with E-state index < -0.39 is 5.54 Å². The molecule has 2 heterocycles. The first-order chi connectivity index (χ1) is 14.1. The molecule has 6 nitrogen and oxygen atoms in total. The van der Waals surface area contributed by atoms with Gasteiger partial charge in [0.15, 0.2) is 0 Å². The number of hydrogen-bond donors (Lipinski definition) is 1. The maximum Gasteiger partial charge on any atom is 0.334 e. The van der Waals surface area contributed by atoms with Gasteiger partial charge >= 0.3 is 5.97 Å². The van der Waals surface area contributed by atoms with Crippen molar-refractivity contribution in [1.82, 2.24) is 5.32 Å².